The normalized spacial score (nSPS) is 24.1. The second-order valence-electron chi connectivity index (χ2n) is 11.4. The molecule has 1 spiro atoms. The molecule has 2 aliphatic rings. The molecule has 1 aromatic heterocycles. The Labute approximate surface area is 234 Å². The van der Waals surface area contributed by atoms with Gasteiger partial charge in [0.25, 0.3) is 0 Å². The third-order valence-electron chi connectivity index (χ3n) is 9.23. The van der Waals surface area contributed by atoms with Crippen molar-refractivity contribution < 1.29 is 14.6 Å². The summed E-state index contributed by atoms with van der Waals surface area (Å²) in [7, 11) is 0. The molecule has 1 saturated carbocycles. The fraction of sp³-hybridized carbons (Fsp3) is 0.364. The summed E-state index contributed by atoms with van der Waals surface area (Å²) in [5.41, 5.74) is 4.91. The smallest absolute Gasteiger partial charge is 0.329 e. The molecule has 202 valence electrons. The Hall–Kier alpha value is -3.44. The van der Waals surface area contributed by atoms with E-state index in [2.05, 4.69) is 53.6 Å². The number of H-pyrrole nitrogens is 1. The molecule has 0 saturated heterocycles. The van der Waals surface area contributed by atoms with E-state index in [1.165, 1.54) is 16.7 Å². The van der Waals surface area contributed by atoms with Crippen LogP contribution >= 0.6 is 11.6 Å². The van der Waals surface area contributed by atoms with Crippen molar-refractivity contribution in [2.24, 2.45) is 5.92 Å². The molecule has 4 aromatic rings. The summed E-state index contributed by atoms with van der Waals surface area (Å²) in [6.07, 6.45) is 7.93. The van der Waals surface area contributed by atoms with E-state index in [-0.39, 0.29) is 5.41 Å². The highest BCUT2D eigenvalue weighted by Gasteiger charge is 2.53. The first-order valence-electron chi connectivity index (χ1n) is 14.0. The van der Waals surface area contributed by atoms with Crippen molar-refractivity contribution in [3.63, 3.8) is 0 Å². The minimum atomic E-state index is -0.992. The molecule has 1 atom stereocenters. The number of carbonyl (C=O) groups is 1. The van der Waals surface area contributed by atoms with E-state index in [0.717, 1.165) is 54.4 Å². The maximum absolute atomic E-state index is 12.6. The molecule has 1 heterocycles. The van der Waals surface area contributed by atoms with Crippen LogP contribution in [0.4, 0.5) is 5.69 Å². The van der Waals surface area contributed by atoms with Gasteiger partial charge in [-0.3, -0.25) is 0 Å². The lowest BCUT2D eigenvalue weighted by Gasteiger charge is -2.47. The Balaban J connectivity index is 1.18. The summed E-state index contributed by atoms with van der Waals surface area (Å²) in [6.45, 7) is 2.77. The molecule has 2 aliphatic carbocycles. The summed E-state index contributed by atoms with van der Waals surface area (Å²) in [5.74, 6) is 0.621. The number of nitrogens with one attached hydrogen (secondary N) is 2. The number of carboxylic acids is 1. The van der Waals surface area contributed by atoms with Crippen LogP contribution in [0.2, 0.25) is 5.02 Å². The van der Waals surface area contributed by atoms with Gasteiger partial charge in [-0.2, -0.15) is 0 Å². The molecule has 3 aromatic carbocycles. The van der Waals surface area contributed by atoms with Crippen LogP contribution in [0, 0.1) is 12.8 Å². The monoisotopic (exact) mass is 542 g/mol. The van der Waals surface area contributed by atoms with Gasteiger partial charge < -0.3 is 20.1 Å². The molecule has 5 nitrogen and oxygen atoms in total. The number of aromatic amines is 1. The summed E-state index contributed by atoms with van der Waals surface area (Å²) in [6, 6.07) is 22.3. The topological polar surface area (TPSA) is 74.3 Å². The zero-order valence-electron chi connectivity index (χ0n) is 22.3. The Kier molecular flexibility index (Phi) is 6.80. The number of rotatable bonds is 8. The second-order valence-corrected chi connectivity index (χ2v) is 11.8. The van der Waals surface area contributed by atoms with Gasteiger partial charge in [-0.05, 0) is 110 Å². The molecule has 0 radical (unpaired) electrons. The molecule has 0 aliphatic heterocycles. The van der Waals surface area contributed by atoms with Gasteiger partial charge >= 0.3 is 5.97 Å². The number of halogens is 1. The highest BCUT2D eigenvalue weighted by Crippen LogP contribution is 2.55. The standard InChI is InChI=1S/C33H35ClN2O3/c1-22-21-35-28-12-5-13-29(30(22)28)39-18-6-8-24-19-23-7-2-3-11-27(23)32(24)14-16-33(17-15-32,31(37)38)36-26-10-4-9-25(34)20-26/h2-5,7,9-13,20-21,24,35-36H,6,8,14-19H2,1H3,(H,37,38)/t24-,32?,33?/m1/s1. The van der Waals surface area contributed by atoms with E-state index in [1.54, 1.807) is 12.1 Å². The first-order valence-corrected chi connectivity index (χ1v) is 14.3. The summed E-state index contributed by atoms with van der Waals surface area (Å²) in [5, 5.41) is 15.5. The van der Waals surface area contributed by atoms with E-state index in [9.17, 15) is 9.90 Å². The van der Waals surface area contributed by atoms with Crippen molar-refractivity contribution in [2.45, 2.75) is 62.8 Å². The Morgan fingerprint density at radius 3 is 2.67 bits per heavy atom. The Bertz CT molecular complexity index is 1500. The molecular formula is C33H35ClN2O3. The fourth-order valence-corrected chi connectivity index (χ4v) is 7.42. The molecule has 0 bridgehead atoms. The van der Waals surface area contributed by atoms with Crippen LogP contribution in [0.5, 0.6) is 5.75 Å². The van der Waals surface area contributed by atoms with E-state index in [0.29, 0.717) is 30.4 Å². The number of carboxylic acid groups (broad SMARTS) is 1. The molecule has 39 heavy (non-hydrogen) atoms. The highest BCUT2D eigenvalue weighted by atomic mass is 35.5. The van der Waals surface area contributed by atoms with E-state index >= 15 is 0 Å². The zero-order chi connectivity index (χ0) is 27.0. The first kappa shape index (κ1) is 25.8. The fourth-order valence-electron chi connectivity index (χ4n) is 7.23. The number of hydrogen-bond donors (Lipinski definition) is 3. The summed E-state index contributed by atoms with van der Waals surface area (Å²) >= 11 is 6.19. The molecule has 0 amide bonds. The van der Waals surface area contributed by atoms with Crippen molar-refractivity contribution in [1.29, 1.82) is 0 Å². The van der Waals surface area contributed by atoms with E-state index in [4.69, 9.17) is 16.3 Å². The minimum Gasteiger partial charge on any atom is -0.493 e. The lowest BCUT2D eigenvalue weighted by molar-refractivity contribution is -0.144. The minimum absolute atomic E-state index is 0.00277. The molecule has 6 rings (SSSR count). The third-order valence-corrected chi connectivity index (χ3v) is 9.47. The number of ether oxygens (including phenoxy) is 1. The van der Waals surface area contributed by atoms with Gasteiger partial charge in [-0.25, -0.2) is 4.79 Å². The van der Waals surface area contributed by atoms with E-state index < -0.39 is 11.5 Å². The van der Waals surface area contributed by atoms with Gasteiger partial charge in [-0.1, -0.05) is 48.0 Å². The van der Waals surface area contributed by atoms with Gasteiger partial charge in [0.1, 0.15) is 11.3 Å². The Morgan fingerprint density at radius 1 is 1.08 bits per heavy atom. The Morgan fingerprint density at radius 2 is 1.87 bits per heavy atom. The van der Waals surface area contributed by atoms with Crippen molar-refractivity contribution in [1.82, 2.24) is 4.98 Å². The highest BCUT2D eigenvalue weighted by molar-refractivity contribution is 6.30. The van der Waals surface area contributed by atoms with Gasteiger partial charge in [0.2, 0.25) is 0 Å². The lowest BCUT2D eigenvalue weighted by Crippen LogP contribution is -2.53. The van der Waals surface area contributed by atoms with Gasteiger partial charge in [0.05, 0.1) is 6.61 Å². The SMILES string of the molecule is Cc1c[nH]c2cccc(OCCC[C@@H]3Cc4ccccc4C34CCC(Nc3cccc(Cl)c3)(C(=O)O)CC4)c12. The number of fused-ring (bicyclic) bond motifs is 3. The average molecular weight is 543 g/mol. The number of anilines is 1. The molecule has 6 heteroatoms. The van der Waals surface area contributed by atoms with Crippen LogP contribution < -0.4 is 10.1 Å². The van der Waals surface area contributed by atoms with Crippen LogP contribution in [0.3, 0.4) is 0 Å². The van der Waals surface area contributed by atoms with Crippen LogP contribution in [-0.2, 0) is 16.6 Å². The predicted octanol–water partition coefficient (Wildman–Crippen LogP) is 7.91. The number of hydrogen-bond acceptors (Lipinski definition) is 3. The second kappa shape index (κ2) is 10.3. The number of aliphatic carboxylic acids is 1. The summed E-state index contributed by atoms with van der Waals surface area (Å²) < 4.78 is 6.29. The van der Waals surface area contributed by atoms with Crippen LogP contribution in [0.1, 0.15) is 55.2 Å². The average Bonchev–Trinajstić information content (AvgIpc) is 3.46. The van der Waals surface area contributed by atoms with Gasteiger partial charge in [-0.15, -0.1) is 0 Å². The molecular weight excluding hydrogens is 508 g/mol. The van der Waals surface area contributed by atoms with Gasteiger partial charge in [0.15, 0.2) is 0 Å². The third kappa shape index (κ3) is 4.67. The number of aryl methyl sites for hydroxylation is 1. The zero-order valence-corrected chi connectivity index (χ0v) is 23.1. The maximum Gasteiger partial charge on any atom is 0.329 e. The molecule has 1 fully saturated rings. The quantitative estimate of drug-likeness (QED) is 0.198. The van der Waals surface area contributed by atoms with Crippen LogP contribution in [0.25, 0.3) is 10.9 Å². The maximum atomic E-state index is 12.6. The van der Waals surface area contributed by atoms with Crippen molar-refractivity contribution in [3.8, 4) is 5.75 Å². The number of benzene rings is 3. The van der Waals surface area contributed by atoms with Crippen LogP contribution in [0.15, 0.2) is 72.9 Å². The molecule has 0 unspecified atom stereocenters. The van der Waals surface area contributed by atoms with Crippen molar-refractivity contribution in [2.75, 3.05) is 11.9 Å². The predicted molar refractivity (Wildman–Crippen MR) is 157 cm³/mol. The molecule has 3 N–H and O–H groups in total. The number of aromatic nitrogens is 1. The van der Waals surface area contributed by atoms with Crippen molar-refractivity contribution >= 4 is 34.2 Å². The van der Waals surface area contributed by atoms with Crippen molar-refractivity contribution in [3.05, 3.63) is 94.6 Å². The van der Waals surface area contributed by atoms with E-state index in [1.807, 2.05) is 24.4 Å². The summed E-state index contributed by atoms with van der Waals surface area (Å²) in [4.78, 5) is 15.9. The largest absolute Gasteiger partial charge is 0.493 e. The first-order chi connectivity index (χ1) is 18.9. The van der Waals surface area contributed by atoms with Crippen LogP contribution in [-0.4, -0.2) is 28.2 Å². The van der Waals surface area contributed by atoms with Gasteiger partial charge in [0, 0.05) is 27.8 Å². The lowest BCUT2D eigenvalue weighted by atomic mass is 9.60.